The Balaban J connectivity index is 1.64. The van der Waals surface area contributed by atoms with E-state index in [1.165, 1.54) is 13.2 Å². The van der Waals surface area contributed by atoms with Crippen LogP contribution < -0.4 is 4.72 Å². The Hall–Kier alpha value is -1.94. The van der Waals surface area contributed by atoms with E-state index in [1.807, 2.05) is 24.3 Å². The highest BCUT2D eigenvalue weighted by Crippen LogP contribution is 2.28. The molecule has 0 saturated carbocycles. The fourth-order valence-corrected chi connectivity index (χ4v) is 5.54. The molecule has 132 valence electrons. The lowest BCUT2D eigenvalue weighted by atomic mass is 10.3. The highest BCUT2D eigenvalue weighted by molar-refractivity contribution is 7.89. The molecule has 0 aliphatic carbocycles. The zero-order chi connectivity index (χ0) is 17.9. The van der Waals surface area contributed by atoms with Gasteiger partial charge in [-0.25, -0.2) is 17.9 Å². The second-order valence-electron chi connectivity index (χ2n) is 5.00. The summed E-state index contributed by atoms with van der Waals surface area (Å²) in [5, 5.41) is 1.55. The highest BCUT2D eigenvalue weighted by atomic mass is 32.2. The minimum absolute atomic E-state index is 0.0493. The van der Waals surface area contributed by atoms with Crippen LogP contribution in [0.15, 0.2) is 51.3 Å². The van der Waals surface area contributed by atoms with Crippen LogP contribution in [0.4, 0.5) is 0 Å². The lowest BCUT2D eigenvalue weighted by molar-refractivity contribution is 0.0602. The summed E-state index contributed by atoms with van der Waals surface area (Å²) >= 11 is 2.59. The van der Waals surface area contributed by atoms with Gasteiger partial charge in [-0.15, -0.1) is 22.7 Å². The van der Waals surface area contributed by atoms with Gasteiger partial charge in [-0.05, 0) is 42.1 Å². The number of rotatable bonds is 7. The second-order valence-corrected chi connectivity index (χ2v) is 8.82. The molecule has 25 heavy (non-hydrogen) atoms. The van der Waals surface area contributed by atoms with Gasteiger partial charge < -0.3 is 9.15 Å². The summed E-state index contributed by atoms with van der Waals surface area (Å²) in [6.07, 6.45) is 2.16. The van der Waals surface area contributed by atoms with Crippen molar-refractivity contribution in [2.75, 3.05) is 13.7 Å². The van der Waals surface area contributed by atoms with Crippen LogP contribution in [0.1, 0.15) is 14.5 Å². The summed E-state index contributed by atoms with van der Waals surface area (Å²) in [6, 6.07) is 8.99. The van der Waals surface area contributed by atoms with Gasteiger partial charge in [0.2, 0.25) is 10.0 Å². The predicted octanol–water partition coefficient (Wildman–Crippen LogP) is 3.38. The number of methoxy groups -OCH3 is 1. The first-order valence-electron chi connectivity index (χ1n) is 7.29. The number of nitrogens with one attached hydrogen (secondary N) is 1. The minimum atomic E-state index is -3.76. The van der Waals surface area contributed by atoms with Crippen molar-refractivity contribution in [2.45, 2.75) is 11.3 Å². The maximum absolute atomic E-state index is 12.4. The van der Waals surface area contributed by atoms with Crippen molar-refractivity contribution in [3.05, 3.63) is 51.7 Å². The maximum Gasteiger partial charge on any atom is 0.349 e. The number of sulfonamides is 1. The van der Waals surface area contributed by atoms with Crippen molar-refractivity contribution in [3.8, 4) is 10.6 Å². The smallest absolute Gasteiger partial charge is 0.349 e. The Morgan fingerprint density at radius 3 is 2.84 bits per heavy atom. The third-order valence-corrected chi connectivity index (χ3v) is 7.07. The Morgan fingerprint density at radius 1 is 1.28 bits per heavy atom. The van der Waals surface area contributed by atoms with Crippen LogP contribution in [-0.2, 0) is 21.2 Å². The van der Waals surface area contributed by atoms with Crippen molar-refractivity contribution in [3.63, 3.8) is 0 Å². The van der Waals surface area contributed by atoms with E-state index in [9.17, 15) is 13.2 Å². The topological polar surface area (TPSA) is 85.6 Å². The van der Waals surface area contributed by atoms with Crippen molar-refractivity contribution in [1.29, 1.82) is 0 Å². The van der Waals surface area contributed by atoms with Gasteiger partial charge in [-0.3, -0.25) is 0 Å². The summed E-state index contributed by atoms with van der Waals surface area (Å²) < 4.78 is 37.3. The first kappa shape index (κ1) is 17.9. The fourth-order valence-electron chi connectivity index (χ4n) is 2.20. The highest BCUT2D eigenvalue weighted by Gasteiger charge is 2.24. The molecular weight excluding hydrogens is 382 g/mol. The Morgan fingerprint density at radius 2 is 2.12 bits per heavy atom. The van der Waals surface area contributed by atoms with Crippen LogP contribution in [-0.4, -0.2) is 28.0 Å². The number of furan rings is 1. The molecule has 3 aromatic rings. The molecule has 0 fully saturated rings. The number of thiophene rings is 2. The summed E-state index contributed by atoms with van der Waals surface area (Å²) in [7, 11) is -2.54. The monoisotopic (exact) mass is 397 g/mol. The van der Waals surface area contributed by atoms with Gasteiger partial charge >= 0.3 is 5.97 Å². The molecule has 0 saturated heterocycles. The van der Waals surface area contributed by atoms with E-state index in [4.69, 9.17) is 4.42 Å². The fraction of sp³-hybridized carbons (Fsp3) is 0.188. The standard InChI is InChI=1S/C16H15NO5S3/c1-21-16(18)15-14(7-10-23-15)25(19,20)17-8-6-11-4-5-13(24-11)12-3-2-9-22-12/h2-5,7,9-10,17H,6,8H2,1H3. The molecule has 0 amide bonds. The number of carbonyl (C=O) groups is 1. The lowest BCUT2D eigenvalue weighted by Crippen LogP contribution is -2.26. The average molecular weight is 397 g/mol. The van der Waals surface area contributed by atoms with Gasteiger partial charge in [-0.1, -0.05) is 0 Å². The molecule has 0 radical (unpaired) electrons. The van der Waals surface area contributed by atoms with Crippen LogP contribution in [0.25, 0.3) is 10.6 Å². The molecular formula is C16H15NO5S3. The molecule has 0 bridgehead atoms. The summed E-state index contributed by atoms with van der Waals surface area (Å²) in [4.78, 5) is 13.7. The lowest BCUT2D eigenvalue weighted by Gasteiger charge is -2.06. The normalized spacial score (nSPS) is 11.6. The van der Waals surface area contributed by atoms with Gasteiger partial charge in [0, 0.05) is 11.4 Å². The van der Waals surface area contributed by atoms with Crippen molar-refractivity contribution in [1.82, 2.24) is 4.72 Å². The van der Waals surface area contributed by atoms with Gasteiger partial charge in [0.05, 0.1) is 18.3 Å². The average Bonchev–Trinajstić information content (AvgIpc) is 3.32. The Labute approximate surface area is 153 Å². The minimum Gasteiger partial charge on any atom is -0.465 e. The number of ether oxygens (including phenoxy) is 1. The molecule has 3 aromatic heterocycles. The van der Waals surface area contributed by atoms with Gasteiger partial charge in [0.1, 0.15) is 15.5 Å². The van der Waals surface area contributed by atoms with E-state index in [2.05, 4.69) is 9.46 Å². The number of hydrogen-bond donors (Lipinski definition) is 1. The first-order valence-corrected chi connectivity index (χ1v) is 10.5. The number of carbonyl (C=O) groups excluding carboxylic acids is 1. The van der Waals surface area contributed by atoms with Crippen molar-refractivity contribution >= 4 is 38.7 Å². The van der Waals surface area contributed by atoms with Crippen LogP contribution in [0.5, 0.6) is 0 Å². The maximum atomic E-state index is 12.4. The van der Waals surface area contributed by atoms with Crippen LogP contribution in [0.2, 0.25) is 0 Å². The van der Waals surface area contributed by atoms with E-state index in [0.29, 0.717) is 6.42 Å². The van der Waals surface area contributed by atoms with Crippen molar-refractivity contribution < 1.29 is 22.4 Å². The van der Waals surface area contributed by atoms with Crippen molar-refractivity contribution in [2.24, 2.45) is 0 Å². The van der Waals surface area contributed by atoms with E-state index in [0.717, 1.165) is 26.9 Å². The van der Waals surface area contributed by atoms with Crippen LogP contribution in [0.3, 0.4) is 0 Å². The summed E-state index contributed by atoms with van der Waals surface area (Å²) in [5.41, 5.74) is 0. The molecule has 0 aliphatic heterocycles. The molecule has 3 rings (SSSR count). The first-order chi connectivity index (χ1) is 12.0. The Kier molecular flexibility index (Phi) is 5.38. The largest absolute Gasteiger partial charge is 0.465 e. The third-order valence-electron chi connectivity index (χ3n) is 3.38. The van der Waals surface area contributed by atoms with E-state index >= 15 is 0 Å². The molecule has 0 spiro atoms. The van der Waals surface area contributed by atoms with Crippen LogP contribution in [0, 0.1) is 0 Å². The summed E-state index contributed by atoms with van der Waals surface area (Å²) in [5.74, 6) is 0.134. The van der Waals surface area contributed by atoms with E-state index < -0.39 is 16.0 Å². The molecule has 0 aliphatic rings. The second kappa shape index (κ2) is 7.52. The molecule has 0 unspecified atom stereocenters. The SMILES string of the molecule is COC(=O)c1sccc1S(=O)(=O)NCCc1ccc(-c2ccco2)s1. The van der Waals surface area contributed by atoms with E-state index in [-0.39, 0.29) is 16.3 Å². The summed E-state index contributed by atoms with van der Waals surface area (Å²) in [6.45, 7) is 0.233. The molecule has 0 aromatic carbocycles. The van der Waals surface area contributed by atoms with Gasteiger partial charge in [-0.2, -0.15) is 0 Å². The van der Waals surface area contributed by atoms with Crippen LogP contribution >= 0.6 is 22.7 Å². The van der Waals surface area contributed by atoms with Gasteiger partial charge in [0.25, 0.3) is 0 Å². The van der Waals surface area contributed by atoms with E-state index in [1.54, 1.807) is 23.0 Å². The Bertz CT molecular complexity index is 954. The zero-order valence-electron chi connectivity index (χ0n) is 13.2. The molecule has 0 atom stereocenters. The molecule has 3 heterocycles. The number of hydrogen-bond acceptors (Lipinski definition) is 7. The van der Waals surface area contributed by atoms with Gasteiger partial charge in [0.15, 0.2) is 0 Å². The predicted molar refractivity (Wildman–Crippen MR) is 96.6 cm³/mol. The molecule has 9 heteroatoms. The third kappa shape index (κ3) is 4.01. The zero-order valence-corrected chi connectivity index (χ0v) is 15.7. The molecule has 6 nitrogen and oxygen atoms in total. The number of esters is 1. The molecule has 1 N–H and O–H groups in total. The quantitative estimate of drug-likeness (QED) is 0.618.